The fraction of sp³-hybridized carbons (Fsp3) is 0.364. The van der Waals surface area contributed by atoms with Gasteiger partial charge in [0.15, 0.2) is 11.5 Å². The van der Waals surface area contributed by atoms with Gasteiger partial charge in [0.25, 0.3) is 0 Å². The summed E-state index contributed by atoms with van der Waals surface area (Å²) in [6.07, 6.45) is 5.39. The zero-order valence-electron chi connectivity index (χ0n) is 18.4. The molecule has 0 saturated carbocycles. The summed E-state index contributed by atoms with van der Waals surface area (Å²) in [6.45, 7) is 0.680. The van der Waals surface area contributed by atoms with Crippen LogP contribution in [0.3, 0.4) is 0 Å². The number of hydrogen-bond acceptors (Lipinski definition) is 7. The van der Waals surface area contributed by atoms with Gasteiger partial charge in [-0.3, -0.25) is 14.5 Å². The fourth-order valence-electron chi connectivity index (χ4n) is 3.46. The number of benzene rings is 2. The van der Waals surface area contributed by atoms with E-state index in [-0.39, 0.29) is 5.91 Å². The van der Waals surface area contributed by atoms with Gasteiger partial charge in [0.05, 0.1) is 26.7 Å². The number of sulfonamides is 1. The minimum absolute atomic E-state index is 0.155. The maximum atomic E-state index is 12.9. The molecule has 1 heterocycles. The van der Waals surface area contributed by atoms with Gasteiger partial charge < -0.3 is 14.8 Å². The fourth-order valence-corrected chi connectivity index (χ4v) is 4.02. The molecule has 1 aliphatic heterocycles. The van der Waals surface area contributed by atoms with E-state index in [9.17, 15) is 13.2 Å². The van der Waals surface area contributed by atoms with E-state index in [1.165, 1.54) is 0 Å². The van der Waals surface area contributed by atoms with E-state index in [1.54, 1.807) is 49.7 Å². The van der Waals surface area contributed by atoms with Crippen molar-refractivity contribution < 1.29 is 22.7 Å². The van der Waals surface area contributed by atoms with Crippen LogP contribution in [0.25, 0.3) is 0 Å². The Morgan fingerprint density at radius 3 is 2.41 bits per heavy atom. The molecule has 1 atom stereocenters. The topological polar surface area (TPSA) is 109 Å². The maximum absolute atomic E-state index is 12.9. The molecule has 2 aromatic carbocycles. The number of amides is 1. The molecule has 2 N–H and O–H groups in total. The maximum Gasteiger partial charge on any atom is 0.248 e. The van der Waals surface area contributed by atoms with Crippen LogP contribution < -0.4 is 19.5 Å². The SMILES string of the molecule is COc1ccc(/C=N/N2CCCCC2C(=O)Nc2ccc(NS(C)(=O)=O)cc2)cc1OC. The van der Waals surface area contributed by atoms with E-state index in [4.69, 9.17) is 9.47 Å². The van der Waals surface area contributed by atoms with Gasteiger partial charge >= 0.3 is 0 Å². The van der Waals surface area contributed by atoms with E-state index in [0.29, 0.717) is 35.8 Å². The van der Waals surface area contributed by atoms with Crippen LogP contribution in [0.2, 0.25) is 0 Å². The van der Waals surface area contributed by atoms with E-state index >= 15 is 0 Å². The molecule has 0 radical (unpaired) electrons. The molecular formula is C22H28N4O5S. The zero-order valence-corrected chi connectivity index (χ0v) is 19.2. The molecular weight excluding hydrogens is 432 g/mol. The molecule has 0 bridgehead atoms. The molecule has 10 heteroatoms. The molecule has 32 heavy (non-hydrogen) atoms. The number of anilines is 2. The highest BCUT2D eigenvalue weighted by Crippen LogP contribution is 2.27. The second-order valence-corrected chi connectivity index (χ2v) is 9.22. The highest BCUT2D eigenvalue weighted by atomic mass is 32.2. The second-order valence-electron chi connectivity index (χ2n) is 7.47. The van der Waals surface area contributed by atoms with Crippen molar-refractivity contribution in [2.45, 2.75) is 25.3 Å². The average Bonchev–Trinajstić information content (AvgIpc) is 2.78. The van der Waals surface area contributed by atoms with Gasteiger partial charge in [0.2, 0.25) is 15.9 Å². The minimum atomic E-state index is -3.35. The predicted molar refractivity (Wildman–Crippen MR) is 125 cm³/mol. The molecule has 1 amide bonds. The molecule has 0 aromatic heterocycles. The summed E-state index contributed by atoms with van der Waals surface area (Å²) in [6, 6.07) is 11.6. The summed E-state index contributed by atoms with van der Waals surface area (Å²) >= 11 is 0. The quantitative estimate of drug-likeness (QED) is 0.587. The highest BCUT2D eigenvalue weighted by Gasteiger charge is 2.27. The van der Waals surface area contributed by atoms with Gasteiger partial charge in [-0.2, -0.15) is 5.10 Å². The van der Waals surface area contributed by atoms with E-state index < -0.39 is 16.1 Å². The number of hydrazone groups is 1. The third-order valence-electron chi connectivity index (χ3n) is 5.00. The highest BCUT2D eigenvalue weighted by molar-refractivity contribution is 7.92. The Balaban J connectivity index is 1.68. The number of methoxy groups -OCH3 is 2. The van der Waals surface area contributed by atoms with Crippen LogP contribution in [0.15, 0.2) is 47.6 Å². The summed E-state index contributed by atoms with van der Waals surface area (Å²) in [5.41, 5.74) is 1.86. The summed E-state index contributed by atoms with van der Waals surface area (Å²) < 4.78 is 35.6. The standard InChI is InChI=1S/C22H28N4O5S/c1-30-20-12-7-16(14-21(20)31-2)15-23-26-13-5-4-6-19(26)22(27)24-17-8-10-18(11-9-17)25-32(3,28)29/h7-12,14-15,19,25H,4-6,13H2,1-3H3,(H,24,27)/b23-15+. The Kier molecular flexibility index (Phi) is 7.57. The van der Waals surface area contributed by atoms with Crippen molar-refractivity contribution in [1.82, 2.24) is 5.01 Å². The summed E-state index contributed by atoms with van der Waals surface area (Å²) in [5, 5.41) is 9.25. The van der Waals surface area contributed by atoms with Crippen molar-refractivity contribution in [2.24, 2.45) is 5.10 Å². The van der Waals surface area contributed by atoms with Crippen LogP contribution in [0.5, 0.6) is 11.5 Å². The van der Waals surface area contributed by atoms with Crippen molar-refractivity contribution in [3.63, 3.8) is 0 Å². The van der Waals surface area contributed by atoms with Crippen LogP contribution >= 0.6 is 0 Å². The Bertz CT molecular complexity index is 1070. The number of piperidine rings is 1. The monoisotopic (exact) mass is 460 g/mol. The Morgan fingerprint density at radius 1 is 1.06 bits per heavy atom. The first-order valence-corrected chi connectivity index (χ1v) is 12.1. The molecule has 172 valence electrons. The molecule has 1 saturated heterocycles. The lowest BCUT2D eigenvalue weighted by Crippen LogP contribution is -2.44. The van der Waals surface area contributed by atoms with E-state index in [1.807, 2.05) is 18.2 Å². The molecule has 2 aromatic rings. The van der Waals surface area contributed by atoms with Gasteiger partial charge in [0, 0.05) is 17.9 Å². The number of nitrogens with zero attached hydrogens (tertiary/aromatic N) is 2. The first-order valence-electron chi connectivity index (χ1n) is 10.2. The lowest BCUT2D eigenvalue weighted by atomic mass is 10.0. The largest absolute Gasteiger partial charge is 0.493 e. The lowest BCUT2D eigenvalue weighted by molar-refractivity contribution is -0.122. The van der Waals surface area contributed by atoms with Crippen molar-refractivity contribution in [2.75, 3.05) is 37.1 Å². The van der Waals surface area contributed by atoms with Crippen molar-refractivity contribution in [1.29, 1.82) is 0 Å². The van der Waals surface area contributed by atoms with E-state index in [2.05, 4.69) is 15.1 Å². The number of nitrogens with one attached hydrogen (secondary N) is 2. The van der Waals surface area contributed by atoms with Crippen LogP contribution in [0.4, 0.5) is 11.4 Å². The Labute approximate surface area is 188 Å². The van der Waals surface area contributed by atoms with Crippen LogP contribution in [-0.4, -0.2) is 58.6 Å². The molecule has 0 spiro atoms. The van der Waals surface area contributed by atoms with Gasteiger partial charge in [-0.15, -0.1) is 0 Å². The van der Waals surface area contributed by atoms with Gasteiger partial charge in [-0.1, -0.05) is 0 Å². The summed E-state index contributed by atoms with van der Waals surface area (Å²) in [7, 11) is -0.191. The third-order valence-corrected chi connectivity index (χ3v) is 5.60. The third kappa shape index (κ3) is 6.36. The number of carbonyl (C=O) groups is 1. The Hall–Kier alpha value is -3.27. The molecule has 1 aliphatic rings. The smallest absolute Gasteiger partial charge is 0.248 e. The number of hydrogen-bond donors (Lipinski definition) is 2. The molecule has 3 rings (SSSR count). The van der Waals surface area contributed by atoms with Crippen molar-refractivity contribution >= 4 is 33.5 Å². The molecule has 0 aliphatic carbocycles. The second kappa shape index (κ2) is 10.4. The van der Waals surface area contributed by atoms with Gasteiger partial charge in [-0.25, -0.2) is 8.42 Å². The average molecular weight is 461 g/mol. The number of ether oxygens (including phenoxy) is 2. The van der Waals surface area contributed by atoms with Crippen LogP contribution in [0, 0.1) is 0 Å². The molecule has 9 nitrogen and oxygen atoms in total. The predicted octanol–water partition coefficient (Wildman–Crippen LogP) is 2.90. The molecule has 1 fully saturated rings. The number of rotatable bonds is 8. The molecule has 1 unspecified atom stereocenters. The first-order chi connectivity index (χ1) is 15.3. The van der Waals surface area contributed by atoms with Crippen LogP contribution in [-0.2, 0) is 14.8 Å². The normalized spacial score (nSPS) is 16.6. The lowest BCUT2D eigenvalue weighted by Gasteiger charge is -2.32. The van der Waals surface area contributed by atoms with Crippen LogP contribution in [0.1, 0.15) is 24.8 Å². The summed E-state index contributed by atoms with van der Waals surface area (Å²) in [5.74, 6) is 1.09. The van der Waals surface area contributed by atoms with Crippen molar-refractivity contribution in [3.8, 4) is 11.5 Å². The van der Waals surface area contributed by atoms with Crippen molar-refractivity contribution in [3.05, 3.63) is 48.0 Å². The van der Waals surface area contributed by atoms with Gasteiger partial charge in [-0.05, 0) is 67.3 Å². The summed E-state index contributed by atoms with van der Waals surface area (Å²) in [4.78, 5) is 12.9. The zero-order chi connectivity index (χ0) is 23.1. The van der Waals surface area contributed by atoms with Gasteiger partial charge in [0.1, 0.15) is 6.04 Å². The number of carbonyl (C=O) groups excluding carboxylic acids is 1. The Morgan fingerprint density at radius 2 is 1.75 bits per heavy atom. The van der Waals surface area contributed by atoms with E-state index in [0.717, 1.165) is 24.7 Å². The minimum Gasteiger partial charge on any atom is -0.493 e. The first kappa shape index (κ1) is 23.4.